The summed E-state index contributed by atoms with van der Waals surface area (Å²) in [4.78, 5) is 19.2. The van der Waals surface area contributed by atoms with E-state index in [-0.39, 0.29) is 12.0 Å². The van der Waals surface area contributed by atoms with Gasteiger partial charge in [-0.2, -0.15) is 0 Å². The molecule has 1 aromatic rings. The zero-order valence-corrected chi connectivity index (χ0v) is 13.4. The van der Waals surface area contributed by atoms with E-state index in [1.807, 2.05) is 12.1 Å². The molecule has 2 saturated heterocycles. The molecule has 4 nitrogen and oxygen atoms in total. The van der Waals surface area contributed by atoms with Gasteiger partial charge in [0.15, 0.2) is 0 Å². The minimum absolute atomic E-state index is 0.207. The van der Waals surface area contributed by atoms with Crippen LogP contribution in [0, 0.1) is 5.92 Å². The lowest BCUT2D eigenvalue weighted by Gasteiger charge is -2.40. The molecule has 2 bridgehead atoms. The standard InChI is InChI=1S/C19H24N2O2/c22-19(14-5-2-1-3-6-14)21-15-8-9-16(21)12-18(11-15)23-17-7-4-10-20-13-17/h1-2,4,7,10,13-16,18H,3,5-6,8-9,11-12H2. The van der Waals surface area contributed by atoms with Crippen LogP contribution >= 0.6 is 0 Å². The molecule has 3 atom stereocenters. The SMILES string of the molecule is O=C(C1CC=CCC1)N1C2CCC1CC(Oc1cccnc1)C2. The Labute approximate surface area is 137 Å². The lowest BCUT2D eigenvalue weighted by Crippen LogP contribution is -2.51. The number of carbonyl (C=O) groups is 1. The summed E-state index contributed by atoms with van der Waals surface area (Å²) in [5.41, 5.74) is 0. The summed E-state index contributed by atoms with van der Waals surface area (Å²) >= 11 is 0. The Bertz CT molecular complexity index is 572. The van der Waals surface area contributed by atoms with Crippen molar-refractivity contribution in [2.24, 2.45) is 5.92 Å². The summed E-state index contributed by atoms with van der Waals surface area (Å²) in [6.45, 7) is 0. The van der Waals surface area contributed by atoms with E-state index < -0.39 is 0 Å². The first-order valence-electron chi connectivity index (χ1n) is 8.85. The minimum atomic E-state index is 0.207. The van der Waals surface area contributed by atoms with Crippen molar-refractivity contribution in [2.75, 3.05) is 0 Å². The van der Waals surface area contributed by atoms with Gasteiger partial charge in [-0.15, -0.1) is 0 Å². The van der Waals surface area contributed by atoms with Crippen LogP contribution < -0.4 is 4.74 Å². The van der Waals surface area contributed by atoms with Gasteiger partial charge in [0, 0.05) is 37.0 Å². The van der Waals surface area contributed by atoms with Gasteiger partial charge < -0.3 is 9.64 Å². The second-order valence-corrected chi connectivity index (χ2v) is 7.01. The Kier molecular flexibility index (Phi) is 4.06. The number of carbonyl (C=O) groups excluding carboxylic acids is 1. The van der Waals surface area contributed by atoms with Gasteiger partial charge in [-0.05, 0) is 44.2 Å². The van der Waals surface area contributed by atoms with Crippen molar-refractivity contribution in [3.63, 3.8) is 0 Å². The number of piperidine rings is 1. The predicted molar refractivity (Wildman–Crippen MR) is 88.0 cm³/mol. The van der Waals surface area contributed by atoms with Crippen LogP contribution in [0.1, 0.15) is 44.9 Å². The first kappa shape index (κ1) is 14.7. The molecule has 0 saturated carbocycles. The first-order chi connectivity index (χ1) is 11.3. The quantitative estimate of drug-likeness (QED) is 0.804. The van der Waals surface area contributed by atoms with Crippen molar-refractivity contribution in [3.8, 4) is 5.75 Å². The van der Waals surface area contributed by atoms with Crippen molar-refractivity contribution in [1.29, 1.82) is 0 Å². The maximum Gasteiger partial charge on any atom is 0.226 e. The van der Waals surface area contributed by atoms with E-state index in [0.717, 1.165) is 50.7 Å². The van der Waals surface area contributed by atoms with Crippen LogP contribution in [0.25, 0.3) is 0 Å². The molecule has 3 heterocycles. The topological polar surface area (TPSA) is 42.4 Å². The van der Waals surface area contributed by atoms with Gasteiger partial charge in [-0.3, -0.25) is 9.78 Å². The lowest BCUT2D eigenvalue weighted by molar-refractivity contribution is -0.141. The molecule has 3 unspecified atom stereocenters. The van der Waals surface area contributed by atoms with Crippen LogP contribution in [-0.2, 0) is 4.79 Å². The number of rotatable bonds is 3. The van der Waals surface area contributed by atoms with Gasteiger partial charge in [0.2, 0.25) is 5.91 Å². The number of hydrogen-bond acceptors (Lipinski definition) is 3. The smallest absolute Gasteiger partial charge is 0.226 e. The molecular formula is C19H24N2O2. The zero-order valence-electron chi connectivity index (χ0n) is 13.4. The van der Waals surface area contributed by atoms with E-state index in [1.165, 1.54) is 0 Å². The van der Waals surface area contributed by atoms with E-state index in [0.29, 0.717) is 18.0 Å². The summed E-state index contributed by atoms with van der Waals surface area (Å²) in [5, 5.41) is 0. The molecule has 23 heavy (non-hydrogen) atoms. The van der Waals surface area contributed by atoms with E-state index in [4.69, 9.17) is 4.74 Å². The molecule has 4 heteroatoms. The number of fused-ring (bicyclic) bond motifs is 2. The van der Waals surface area contributed by atoms with Gasteiger partial charge >= 0.3 is 0 Å². The summed E-state index contributed by atoms with van der Waals surface area (Å²) in [6, 6.07) is 4.60. The van der Waals surface area contributed by atoms with Gasteiger partial charge in [0.05, 0.1) is 6.20 Å². The Hall–Kier alpha value is -1.84. The molecule has 0 spiro atoms. The third-order valence-corrected chi connectivity index (χ3v) is 5.50. The highest BCUT2D eigenvalue weighted by atomic mass is 16.5. The molecule has 0 radical (unpaired) electrons. The number of amides is 1. The van der Waals surface area contributed by atoms with Crippen LogP contribution in [0.5, 0.6) is 5.75 Å². The molecule has 1 amide bonds. The maximum atomic E-state index is 12.9. The zero-order chi connectivity index (χ0) is 15.6. The Morgan fingerprint density at radius 3 is 2.65 bits per heavy atom. The van der Waals surface area contributed by atoms with Gasteiger partial charge in [0.1, 0.15) is 11.9 Å². The van der Waals surface area contributed by atoms with Crippen molar-refractivity contribution in [2.45, 2.75) is 63.1 Å². The molecule has 2 aliphatic heterocycles. The van der Waals surface area contributed by atoms with Crippen molar-refractivity contribution < 1.29 is 9.53 Å². The second kappa shape index (κ2) is 6.34. The van der Waals surface area contributed by atoms with Gasteiger partial charge in [-0.1, -0.05) is 12.2 Å². The number of allylic oxidation sites excluding steroid dienone is 2. The average molecular weight is 312 g/mol. The van der Waals surface area contributed by atoms with Crippen molar-refractivity contribution in [1.82, 2.24) is 9.88 Å². The largest absolute Gasteiger partial charge is 0.489 e. The summed E-state index contributed by atoms with van der Waals surface area (Å²) in [7, 11) is 0. The molecule has 1 aliphatic carbocycles. The average Bonchev–Trinajstić information content (AvgIpc) is 2.87. The Morgan fingerprint density at radius 1 is 1.17 bits per heavy atom. The molecule has 3 aliphatic rings. The molecule has 0 aromatic carbocycles. The highest BCUT2D eigenvalue weighted by Crippen LogP contribution is 2.39. The van der Waals surface area contributed by atoms with E-state index >= 15 is 0 Å². The van der Waals surface area contributed by atoms with Crippen LogP contribution in [0.4, 0.5) is 0 Å². The molecule has 2 fully saturated rings. The normalized spacial score (nSPS) is 32.8. The Balaban J connectivity index is 1.41. The minimum Gasteiger partial charge on any atom is -0.489 e. The van der Waals surface area contributed by atoms with Gasteiger partial charge in [0.25, 0.3) is 0 Å². The highest BCUT2D eigenvalue weighted by molar-refractivity contribution is 5.80. The fourth-order valence-corrected chi connectivity index (χ4v) is 4.42. The van der Waals surface area contributed by atoms with E-state index in [9.17, 15) is 4.79 Å². The first-order valence-corrected chi connectivity index (χ1v) is 8.85. The third-order valence-electron chi connectivity index (χ3n) is 5.50. The lowest BCUT2D eigenvalue weighted by atomic mass is 9.90. The number of pyridine rings is 1. The monoisotopic (exact) mass is 312 g/mol. The fourth-order valence-electron chi connectivity index (χ4n) is 4.42. The number of ether oxygens (including phenoxy) is 1. The molecule has 4 rings (SSSR count). The van der Waals surface area contributed by atoms with Crippen LogP contribution in [0.2, 0.25) is 0 Å². The molecular weight excluding hydrogens is 288 g/mol. The summed E-state index contributed by atoms with van der Waals surface area (Å²) in [5.74, 6) is 1.44. The van der Waals surface area contributed by atoms with Gasteiger partial charge in [-0.25, -0.2) is 0 Å². The number of hydrogen-bond donors (Lipinski definition) is 0. The molecule has 122 valence electrons. The van der Waals surface area contributed by atoms with E-state index in [1.54, 1.807) is 12.4 Å². The third kappa shape index (κ3) is 2.99. The predicted octanol–water partition coefficient (Wildman–Crippen LogP) is 3.34. The fraction of sp³-hybridized carbons (Fsp3) is 0.579. The number of nitrogens with zero attached hydrogens (tertiary/aromatic N) is 2. The van der Waals surface area contributed by atoms with Crippen LogP contribution in [0.15, 0.2) is 36.7 Å². The summed E-state index contributed by atoms with van der Waals surface area (Å²) in [6.07, 6.45) is 15.3. The Morgan fingerprint density at radius 2 is 2.00 bits per heavy atom. The molecule has 1 aromatic heterocycles. The maximum absolute atomic E-state index is 12.9. The number of aromatic nitrogens is 1. The summed E-state index contributed by atoms with van der Waals surface area (Å²) < 4.78 is 6.10. The van der Waals surface area contributed by atoms with Crippen molar-refractivity contribution >= 4 is 5.91 Å². The second-order valence-electron chi connectivity index (χ2n) is 7.01. The van der Waals surface area contributed by atoms with E-state index in [2.05, 4.69) is 22.0 Å². The van der Waals surface area contributed by atoms with Crippen LogP contribution in [-0.4, -0.2) is 34.0 Å². The molecule has 0 N–H and O–H groups in total. The van der Waals surface area contributed by atoms with Crippen LogP contribution in [0.3, 0.4) is 0 Å². The van der Waals surface area contributed by atoms with Crippen molar-refractivity contribution in [3.05, 3.63) is 36.7 Å². The highest BCUT2D eigenvalue weighted by Gasteiger charge is 2.45.